The van der Waals surface area contributed by atoms with Crippen molar-refractivity contribution >= 4 is 21.9 Å². The summed E-state index contributed by atoms with van der Waals surface area (Å²) in [5.41, 5.74) is 10.4. The molecule has 0 aliphatic rings. The van der Waals surface area contributed by atoms with Crippen molar-refractivity contribution in [2.75, 3.05) is 6.54 Å². The van der Waals surface area contributed by atoms with Gasteiger partial charge in [-0.2, -0.15) is 0 Å². The van der Waals surface area contributed by atoms with Gasteiger partial charge in [0.25, 0.3) is 0 Å². The van der Waals surface area contributed by atoms with Crippen LogP contribution >= 0.6 is 0 Å². The Hall–Kier alpha value is -3.32. The van der Waals surface area contributed by atoms with Crippen LogP contribution in [0.2, 0.25) is 0 Å². The minimum absolute atomic E-state index is 0.211. The molecular weight excluding hydrogens is 398 g/mol. The molecular formula is C25H31N7. The van der Waals surface area contributed by atoms with Crippen LogP contribution in [0.15, 0.2) is 42.5 Å². The van der Waals surface area contributed by atoms with Crippen molar-refractivity contribution in [2.45, 2.75) is 39.7 Å². The Balaban J connectivity index is 1.96. The molecule has 0 bridgehead atoms. The van der Waals surface area contributed by atoms with Crippen LogP contribution in [0, 0.1) is 16.7 Å². The molecule has 0 saturated carbocycles. The number of fused-ring (bicyclic) bond motifs is 2. The molecule has 7 heteroatoms. The highest BCUT2D eigenvalue weighted by atomic mass is 15.2. The van der Waals surface area contributed by atoms with Gasteiger partial charge in [0, 0.05) is 20.0 Å². The third-order valence-electron chi connectivity index (χ3n) is 5.82. The van der Waals surface area contributed by atoms with Crippen molar-refractivity contribution in [3.05, 3.63) is 70.5 Å². The van der Waals surface area contributed by atoms with Gasteiger partial charge in [-0.3, -0.25) is 20.0 Å². The fourth-order valence-corrected chi connectivity index (χ4v) is 4.16. The zero-order valence-electron chi connectivity index (χ0n) is 19.0. The molecule has 0 atom stereocenters. The molecule has 32 heavy (non-hydrogen) atoms. The molecule has 0 saturated heterocycles. The van der Waals surface area contributed by atoms with E-state index >= 15 is 0 Å². The second-order valence-corrected chi connectivity index (χ2v) is 8.73. The van der Waals surface area contributed by atoms with Crippen molar-refractivity contribution in [1.29, 1.82) is 10.8 Å². The largest absolute Gasteiger partial charge is 0.330 e. The third kappa shape index (κ3) is 4.08. The lowest BCUT2D eigenvalue weighted by Crippen LogP contribution is -2.40. The molecule has 0 amide bonds. The normalized spacial score (nSPS) is 11.7. The molecule has 2 aromatic carbocycles. The van der Waals surface area contributed by atoms with E-state index < -0.39 is 0 Å². The average Bonchev–Trinajstić information content (AvgIpc) is 2.79. The van der Waals surface area contributed by atoms with Crippen molar-refractivity contribution < 1.29 is 0 Å². The monoisotopic (exact) mass is 429 g/mol. The summed E-state index contributed by atoms with van der Waals surface area (Å²) in [5, 5.41) is 19.6. The first kappa shape index (κ1) is 21.9. The quantitative estimate of drug-likeness (QED) is 0.420. The molecule has 0 aliphatic carbocycles. The van der Waals surface area contributed by atoms with Gasteiger partial charge < -0.3 is 5.73 Å². The lowest BCUT2D eigenvalue weighted by molar-refractivity contribution is 0.484. The predicted octanol–water partition coefficient (Wildman–Crippen LogP) is 3.02. The van der Waals surface area contributed by atoms with Crippen LogP contribution in [0.5, 0.6) is 0 Å². The molecule has 4 aromatic rings. The van der Waals surface area contributed by atoms with Gasteiger partial charge in [0.2, 0.25) is 5.62 Å². The maximum atomic E-state index is 8.60. The van der Waals surface area contributed by atoms with Gasteiger partial charge in [-0.1, -0.05) is 56.3 Å². The van der Waals surface area contributed by atoms with Crippen LogP contribution in [-0.2, 0) is 26.4 Å². The standard InChI is InChI=1S/C25H31N7/c1-16(2)15-32-24-22(23(27)31(3)25(32)28)29-20(12-7-13-26)21(30-24)14-18-10-6-9-17-8-4-5-11-19(17)18/h4-6,8-11,16,27-28H,7,12-15,26H2,1-3H3. The van der Waals surface area contributed by atoms with Crippen LogP contribution in [0.3, 0.4) is 0 Å². The first-order valence-corrected chi connectivity index (χ1v) is 11.2. The Morgan fingerprint density at radius 2 is 1.75 bits per heavy atom. The van der Waals surface area contributed by atoms with E-state index in [9.17, 15) is 0 Å². The number of benzene rings is 2. The van der Waals surface area contributed by atoms with Crippen molar-refractivity contribution in [2.24, 2.45) is 18.7 Å². The fourth-order valence-electron chi connectivity index (χ4n) is 4.16. The minimum Gasteiger partial charge on any atom is -0.330 e. The topological polar surface area (TPSA) is 109 Å². The summed E-state index contributed by atoms with van der Waals surface area (Å²) in [6.07, 6.45) is 2.17. The Bertz CT molecular complexity index is 1390. The summed E-state index contributed by atoms with van der Waals surface area (Å²) in [6.45, 7) is 5.46. The number of nitrogens with two attached hydrogens (primary N) is 1. The third-order valence-corrected chi connectivity index (χ3v) is 5.82. The van der Waals surface area contributed by atoms with E-state index in [4.69, 9.17) is 26.5 Å². The molecule has 4 N–H and O–H groups in total. The second-order valence-electron chi connectivity index (χ2n) is 8.73. The lowest BCUT2D eigenvalue weighted by atomic mass is 9.99. The van der Waals surface area contributed by atoms with Crippen molar-refractivity contribution in [3.63, 3.8) is 0 Å². The number of nitrogens with one attached hydrogen (secondary N) is 2. The van der Waals surface area contributed by atoms with Crippen LogP contribution in [0.4, 0.5) is 0 Å². The highest BCUT2D eigenvalue weighted by molar-refractivity contribution is 5.86. The first-order valence-electron chi connectivity index (χ1n) is 11.2. The number of nitrogens with zero attached hydrogens (tertiary/aromatic N) is 4. The molecule has 0 unspecified atom stereocenters. The highest BCUT2D eigenvalue weighted by Gasteiger charge is 2.17. The Labute approximate surface area is 187 Å². The minimum atomic E-state index is 0.211. The molecule has 166 valence electrons. The van der Waals surface area contributed by atoms with E-state index in [1.165, 1.54) is 16.3 Å². The van der Waals surface area contributed by atoms with E-state index in [1.807, 2.05) is 4.57 Å². The molecule has 0 spiro atoms. The average molecular weight is 430 g/mol. The number of rotatable bonds is 7. The molecule has 4 rings (SSSR count). The summed E-state index contributed by atoms with van der Waals surface area (Å²) < 4.78 is 3.45. The van der Waals surface area contributed by atoms with Gasteiger partial charge in [-0.25, -0.2) is 9.97 Å². The molecule has 7 nitrogen and oxygen atoms in total. The summed E-state index contributed by atoms with van der Waals surface area (Å²) in [6, 6.07) is 14.7. The lowest BCUT2D eigenvalue weighted by Gasteiger charge is -2.18. The molecule has 0 fully saturated rings. The van der Waals surface area contributed by atoms with Gasteiger partial charge in [0.05, 0.1) is 11.4 Å². The van der Waals surface area contributed by atoms with E-state index in [2.05, 4.69) is 56.3 Å². The number of hydrogen-bond acceptors (Lipinski definition) is 5. The first-order chi connectivity index (χ1) is 15.4. The Kier molecular flexibility index (Phi) is 6.19. The molecule has 0 aliphatic heterocycles. The van der Waals surface area contributed by atoms with Crippen molar-refractivity contribution in [3.8, 4) is 0 Å². The zero-order chi connectivity index (χ0) is 22.8. The smallest absolute Gasteiger partial charge is 0.205 e. The van der Waals surface area contributed by atoms with Gasteiger partial charge in [0.15, 0.2) is 11.1 Å². The van der Waals surface area contributed by atoms with Crippen LogP contribution < -0.4 is 16.8 Å². The molecule has 2 heterocycles. The van der Waals surface area contributed by atoms with Gasteiger partial charge in [-0.15, -0.1) is 0 Å². The number of aromatic nitrogens is 4. The Morgan fingerprint density at radius 3 is 2.50 bits per heavy atom. The predicted molar refractivity (Wildman–Crippen MR) is 127 cm³/mol. The maximum Gasteiger partial charge on any atom is 0.205 e. The maximum absolute atomic E-state index is 8.60. The van der Waals surface area contributed by atoms with E-state index in [-0.39, 0.29) is 11.1 Å². The van der Waals surface area contributed by atoms with Crippen LogP contribution in [0.25, 0.3) is 21.9 Å². The van der Waals surface area contributed by atoms with Crippen LogP contribution in [-0.4, -0.2) is 25.6 Å². The van der Waals surface area contributed by atoms with Gasteiger partial charge in [0.1, 0.15) is 5.52 Å². The summed E-state index contributed by atoms with van der Waals surface area (Å²) in [4.78, 5) is 9.98. The van der Waals surface area contributed by atoms with E-state index in [1.54, 1.807) is 11.6 Å². The van der Waals surface area contributed by atoms with Gasteiger partial charge in [-0.05, 0) is 41.6 Å². The SMILES string of the molecule is CC(C)Cn1c(=N)n(C)c(=N)c2nc(CCCN)c(Cc3cccc4ccccc34)nc21. The van der Waals surface area contributed by atoms with Crippen molar-refractivity contribution in [1.82, 2.24) is 19.1 Å². The second kappa shape index (κ2) is 9.04. The molecule has 0 radical (unpaired) electrons. The van der Waals surface area contributed by atoms with E-state index in [0.29, 0.717) is 36.6 Å². The summed E-state index contributed by atoms with van der Waals surface area (Å²) in [5.74, 6) is 0.337. The zero-order valence-corrected chi connectivity index (χ0v) is 19.0. The van der Waals surface area contributed by atoms with E-state index in [0.717, 1.165) is 24.2 Å². The Morgan fingerprint density at radius 1 is 1.00 bits per heavy atom. The number of aryl methyl sites for hydroxylation is 1. The number of hydrogen-bond donors (Lipinski definition) is 3. The highest BCUT2D eigenvalue weighted by Crippen LogP contribution is 2.23. The van der Waals surface area contributed by atoms with Crippen LogP contribution in [0.1, 0.15) is 37.2 Å². The van der Waals surface area contributed by atoms with Gasteiger partial charge >= 0.3 is 0 Å². The molecule has 2 aromatic heterocycles. The fraction of sp³-hybridized carbons (Fsp3) is 0.360. The summed E-state index contributed by atoms with van der Waals surface area (Å²) >= 11 is 0. The summed E-state index contributed by atoms with van der Waals surface area (Å²) in [7, 11) is 1.74.